The number of nitrogens with one attached hydrogen (secondary N) is 1. The molecule has 0 fully saturated rings. The minimum Gasteiger partial charge on any atom is -0.372 e. The van der Waals surface area contributed by atoms with Crippen molar-refractivity contribution in [2.75, 3.05) is 7.11 Å². The molecule has 0 aliphatic rings. The second-order valence-electron chi connectivity index (χ2n) is 3.62. The number of methoxy groups -OCH3 is 1. The van der Waals surface area contributed by atoms with Crippen LogP contribution in [-0.4, -0.2) is 24.7 Å². The van der Waals surface area contributed by atoms with E-state index in [4.69, 9.17) is 4.74 Å². The Kier molecular flexibility index (Phi) is 3.52. The van der Waals surface area contributed by atoms with Crippen LogP contribution in [0.15, 0.2) is 0 Å². The fraction of sp³-hybridized carbons (Fsp3) is 0.875. The quantitative estimate of drug-likeness (QED) is 0.651. The van der Waals surface area contributed by atoms with Gasteiger partial charge in [0.1, 0.15) is 6.10 Å². The summed E-state index contributed by atoms with van der Waals surface area (Å²) in [6, 6.07) is 0. The molecule has 0 aromatic rings. The summed E-state index contributed by atoms with van der Waals surface area (Å²) in [6.45, 7) is 7.54. The van der Waals surface area contributed by atoms with Gasteiger partial charge in [-0.15, -0.1) is 0 Å². The van der Waals surface area contributed by atoms with Gasteiger partial charge in [-0.2, -0.15) is 0 Å². The molecule has 0 bridgehead atoms. The van der Waals surface area contributed by atoms with Gasteiger partial charge in [0.05, 0.1) is 0 Å². The predicted molar refractivity (Wildman–Crippen MR) is 44.4 cm³/mol. The summed E-state index contributed by atoms with van der Waals surface area (Å²) >= 11 is 0. The summed E-state index contributed by atoms with van der Waals surface area (Å²) < 4.78 is 4.85. The lowest BCUT2D eigenvalue weighted by Gasteiger charge is -2.22. The molecule has 0 saturated heterocycles. The summed E-state index contributed by atoms with van der Waals surface area (Å²) in [5, 5.41) is 2.81. The third kappa shape index (κ3) is 4.79. The maximum absolute atomic E-state index is 11.2. The first-order valence-electron chi connectivity index (χ1n) is 3.71. The molecule has 0 aliphatic carbocycles. The van der Waals surface area contributed by atoms with E-state index in [9.17, 15) is 4.79 Å². The van der Waals surface area contributed by atoms with Gasteiger partial charge in [0, 0.05) is 12.6 Å². The molecule has 66 valence electrons. The summed E-state index contributed by atoms with van der Waals surface area (Å²) in [4.78, 5) is 11.2. The highest BCUT2D eigenvalue weighted by atomic mass is 16.5. The molecule has 1 amide bonds. The molecule has 0 heterocycles. The van der Waals surface area contributed by atoms with Crippen LogP contribution in [0.5, 0.6) is 0 Å². The molecule has 0 radical (unpaired) electrons. The molecular formula is C8H17NO2. The van der Waals surface area contributed by atoms with E-state index in [1.54, 1.807) is 6.92 Å². The van der Waals surface area contributed by atoms with E-state index in [1.165, 1.54) is 7.11 Å². The van der Waals surface area contributed by atoms with Crippen LogP contribution in [0.2, 0.25) is 0 Å². The minimum atomic E-state index is -0.366. The molecule has 3 heteroatoms. The average molecular weight is 159 g/mol. The van der Waals surface area contributed by atoms with E-state index < -0.39 is 0 Å². The maximum Gasteiger partial charge on any atom is 0.249 e. The standard InChI is InChI=1S/C8H17NO2/c1-6(11-5)7(10)9-8(2,3)4/h6H,1-5H3,(H,9,10). The second kappa shape index (κ2) is 3.72. The maximum atomic E-state index is 11.2. The van der Waals surface area contributed by atoms with E-state index in [2.05, 4.69) is 5.32 Å². The predicted octanol–water partition coefficient (Wildman–Crippen LogP) is 0.936. The minimum absolute atomic E-state index is 0.0694. The molecule has 1 unspecified atom stereocenters. The van der Waals surface area contributed by atoms with Gasteiger partial charge >= 0.3 is 0 Å². The molecule has 1 atom stereocenters. The van der Waals surface area contributed by atoms with Crippen molar-refractivity contribution in [3.05, 3.63) is 0 Å². The van der Waals surface area contributed by atoms with Crippen molar-refractivity contribution < 1.29 is 9.53 Å². The van der Waals surface area contributed by atoms with Gasteiger partial charge in [0.25, 0.3) is 0 Å². The topological polar surface area (TPSA) is 38.3 Å². The van der Waals surface area contributed by atoms with Crippen LogP contribution in [0, 0.1) is 0 Å². The smallest absolute Gasteiger partial charge is 0.249 e. The zero-order chi connectivity index (χ0) is 9.07. The van der Waals surface area contributed by atoms with Gasteiger partial charge in [0.2, 0.25) is 5.91 Å². The van der Waals surface area contributed by atoms with Crippen molar-refractivity contribution in [3.8, 4) is 0 Å². The van der Waals surface area contributed by atoms with Gasteiger partial charge in [0.15, 0.2) is 0 Å². The van der Waals surface area contributed by atoms with Gasteiger partial charge in [-0.05, 0) is 27.7 Å². The Balaban J connectivity index is 3.88. The van der Waals surface area contributed by atoms with Crippen molar-refractivity contribution in [2.45, 2.75) is 39.3 Å². The first kappa shape index (κ1) is 10.4. The number of ether oxygens (including phenoxy) is 1. The Labute approximate surface area is 68.1 Å². The lowest BCUT2D eigenvalue weighted by atomic mass is 10.1. The Bertz CT molecular complexity index is 138. The van der Waals surface area contributed by atoms with E-state index in [0.717, 1.165) is 0 Å². The second-order valence-corrected chi connectivity index (χ2v) is 3.62. The Hall–Kier alpha value is -0.570. The third-order valence-corrected chi connectivity index (χ3v) is 1.22. The Morgan fingerprint density at radius 1 is 1.45 bits per heavy atom. The lowest BCUT2D eigenvalue weighted by molar-refractivity contribution is -0.131. The lowest BCUT2D eigenvalue weighted by Crippen LogP contribution is -2.45. The molecule has 0 saturated carbocycles. The van der Waals surface area contributed by atoms with E-state index >= 15 is 0 Å². The SMILES string of the molecule is COC(C)C(=O)NC(C)(C)C. The highest BCUT2D eigenvalue weighted by Gasteiger charge is 2.18. The first-order chi connectivity index (χ1) is 4.87. The Morgan fingerprint density at radius 3 is 2.18 bits per heavy atom. The summed E-state index contributed by atoms with van der Waals surface area (Å²) in [7, 11) is 1.52. The van der Waals surface area contributed by atoms with Crippen LogP contribution in [0.25, 0.3) is 0 Å². The normalized spacial score (nSPS) is 14.3. The van der Waals surface area contributed by atoms with Crippen molar-refractivity contribution in [2.24, 2.45) is 0 Å². The van der Waals surface area contributed by atoms with Crippen LogP contribution in [0.3, 0.4) is 0 Å². The van der Waals surface area contributed by atoms with Gasteiger partial charge in [-0.1, -0.05) is 0 Å². The summed E-state index contributed by atoms with van der Waals surface area (Å²) in [6.07, 6.45) is -0.366. The summed E-state index contributed by atoms with van der Waals surface area (Å²) in [5.74, 6) is -0.0694. The molecule has 0 rings (SSSR count). The molecule has 0 aromatic carbocycles. The van der Waals surface area contributed by atoms with Gasteiger partial charge in [-0.3, -0.25) is 4.79 Å². The number of rotatable bonds is 2. The van der Waals surface area contributed by atoms with Crippen molar-refractivity contribution in [1.82, 2.24) is 5.32 Å². The molecule has 3 nitrogen and oxygen atoms in total. The number of amides is 1. The van der Waals surface area contributed by atoms with Crippen molar-refractivity contribution >= 4 is 5.91 Å². The largest absolute Gasteiger partial charge is 0.372 e. The third-order valence-electron chi connectivity index (χ3n) is 1.22. The number of hydrogen-bond donors (Lipinski definition) is 1. The fourth-order valence-electron chi connectivity index (χ4n) is 0.578. The van der Waals surface area contributed by atoms with Crippen molar-refractivity contribution in [3.63, 3.8) is 0 Å². The van der Waals surface area contributed by atoms with Gasteiger partial charge < -0.3 is 10.1 Å². The molecular weight excluding hydrogens is 142 g/mol. The zero-order valence-electron chi connectivity index (χ0n) is 7.89. The molecule has 0 aliphatic heterocycles. The van der Waals surface area contributed by atoms with Crippen LogP contribution >= 0.6 is 0 Å². The van der Waals surface area contributed by atoms with E-state index in [1.807, 2.05) is 20.8 Å². The zero-order valence-corrected chi connectivity index (χ0v) is 7.89. The first-order valence-corrected chi connectivity index (χ1v) is 3.71. The van der Waals surface area contributed by atoms with Crippen LogP contribution in [0.4, 0.5) is 0 Å². The van der Waals surface area contributed by atoms with Crippen molar-refractivity contribution in [1.29, 1.82) is 0 Å². The highest BCUT2D eigenvalue weighted by molar-refractivity contribution is 5.80. The van der Waals surface area contributed by atoms with Gasteiger partial charge in [-0.25, -0.2) is 0 Å². The Morgan fingerprint density at radius 2 is 1.91 bits per heavy atom. The highest BCUT2D eigenvalue weighted by Crippen LogP contribution is 2.00. The van der Waals surface area contributed by atoms with Crippen LogP contribution < -0.4 is 5.32 Å². The van der Waals surface area contributed by atoms with E-state index in [0.29, 0.717) is 0 Å². The molecule has 0 aromatic heterocycles. The molecule has 1 N–H and O–H groups in total. The number of carbonyl (C=O) groups is 1. The van der Waals surface area contributed by atoms with Crippen LogP contribution in [0.1, 0.15) is 27.7 Å². The van der Waals surface area contributed by atoms with E-state index in [-0.39, 0.29) is 17.6 Å². The molecule has 0 spiro atoms. The van der Waals surface area contributed by atoms with Crippen LogP contribution in [-0.2, 0) is 9.53 Å². The summed E-state index contributed by atoms with van der Waals surface area (Å²) in [5.41, 5.74) is -0.177. The average Bonchev–Trinajstić information content (AvgIpc) is 1.82. The monoisotopic (exact) mass is 159 g/mol. The number of carbonyl (C=O) groups excluding carboxylic acids is 1. The molecule has 11 heavy (non-hydrogen) atoms. The number of hydrogen-bond acceptors (Lipinski definition) is 2. The fourth-order valence-corrected chi connectivity index (χ4v) is 0.578.